The van der Waals surface area contributed by atoms with E-state index in [-0.39, 0.29) is 0 Å². The third-order valence-electron chi connectivity index (χ3n) is 3.24. The Morgan fingerprint density at radius 1 is 1.16 bits per heavy atom. The van der Waals surface area contributed by atoms with E-state index in [1.165, 1.54) is 10.9 Å². The van der Waals surface area contributed by atoms with Gasteiger partial charge in [0.15, 0.2) is 0 Å². The zero-order valence-electron chi connectivity index (χ0n) is 11.2. The second-order valence-corrected chi connectivity index (χ2v) is 4.87. The predicted molar refractivity (Wildman–Crippen MR) is 79.2 cm³/mol. The minimum absolute atomic E-state index is 0.815. The van der Waals surface area contributed by atoms with Crippen molar-refractivity contribution in [1.29, 1.82) is 0 Å². The van der Waals surface area contributed by atoms with Crippen molar-refractivity contribution >= 4 is 16.6 Å². The van der Waals surface area contributed by atoms with Crippen LogP contribution in [0.15, 0.2) is 48.8 Å². The average molecular weight is 251 g/mol. The SMILES string of the molecule is Cc1ccc2cccc(NCc3ccn(C)c3)c2n1. The molecule has 0 bridgehead atoms. The third-order valence-corrected chi connectivity index (χ3v) is 3.24. The summed E-state index contributed by atoms with van der Waals surface area (Å²) < 4.78 is 2.06. The van der Waals surface area contributed by atoms with Gasteiger partial charge in [0.1, 0.15) is 0 Å². The van der Waals surface area contributed by atoms with Gasteiger partial charge in [0, 0.05) is 37.1 Å². The van der Waals surface area contributed by atoms with E-state index in [0.29, 0.717) is 0 Å². The van der Waals surface area contributed by atoms with Crippen molar-refractivity contribution in [3.05, 3.63) is 60.0 Å². The fourth-order valence-corrected chi connectivity index (χ4v) is 2.25. The van der Waals surface area contributed by atoms with Crippen molar-refractivity contribution in [3.63, 3.8) is 0 Å². The normalized spacial score (nSPS) is 10.8. The number of hydrogen-bond acceptors (Lipinski definition) is 2. The average Bonchev–Trinajstić information content (AvgIpc) is 2.82. The third kappa shape index (κ3) is 2.45. The number of para-hydroxylation sites is 1. The Hall–Kier alpha value is -2.29. The summed E-state index contributed by atoms with van der Waals surface area (Å²) in [7, 11) is 2.03. The van der Waals surface area contributed by atoms with Crippen LogP contribution in [0.3, 0.4) is 0 Å². The number of aryl methyl sites for hydroxylation is 2. The summed E-state index contributed by atoms with van der Waals surface area (Å²) in [5.41, 5.74) is 4.44. The van der Waals surface area contributed by atoms with Gasteiger partial charge in [0.05, 0.1) is 11.2 Å². The molecule has 0 aliphatic heterocycles. The van der Waals surface area contributed by atoms with Gasteiger partial charge in [-0.25, -0.2) is 0 Å². The van der Waals surface area contributed by atoms with E-state index in [0.717, 1.165) is 23.4 Å². The van der Waals surface area contributed by atoms with Gasteiger partial charge >= 0.3 is 0 Å². The number of pyridine rings is 1. The Balaban J connectivity index is 1.90. The number of anilines is 1. The summed E-state index contributed by atoms with van der Waals surface area (Å²) in [5.74, 6) is 0. The lowest BCUT2D eigenvalue weighted by molar-refractivity contribution is 0.920. The first-order valence-corrected chi connectivity index (χ1v) is 6.43. The van der Waals surface area contributed by atoms with E-state index in [9.17, 15) is 0 Å². The van der Waals surface area contributed by atoms with Crippen molar-refractivity contribution in [2.45, 2.75) is 13.5 Å². The van der Waals surface area contributed by atoms with E-state index in [1.54, 1.807) is 0 Å². The van der Waals surface area contributed by atoms with Crippen LogP contribution < -0.4 is 5.32 Å². The number of nitrogens with zero attached hydrogens (tertiary/aromatic N) is 2. The fraction of sp³-hybridized carbons (Fsp3) is 0.188. The second-order valence-electron chi connectivity index (χ2n) is 4.87. The number of rotatable bonds is 3. The highest BCUT2D eigenvalue weighted by atomic mass is 14.9. The summed E-state index contributed by atoms with van der Waals surface area (Å²) in [6.07, 6.45) is 4.18. The lowest BCUT2D eigenvalue weighted by atomic mass is 10.1. The molecule has 3 aromatic rings. The Bertz CT molecular complexity index is 713. The van der Waals surface area contributed by atoms with E-state index in [1.807, 2.05) is 20.0 Å². The highest BCUT2D eigenvalue weighted by Gasteiger charge is 2.03. The molecule has 1 aromatic carbocycles. The van der Waals surface area contributed by atoms with E-state index >= 15 is 0 Å². The summed E-state index contributed by atoms with van der Waals surface area (Å²) in [5, 5.41) is 4.64. The molecule has 3 rings (SSSR count). The number of benzene rings is 1. The molecule has 2 heterocycles. The number of hydrogen-bond donors (Lipinski definition) is 1. The second kappa shape index (κ2) is 4.76. The highest BCUT2D eigenvalue weighted by Crippen LogP contribution is 2.22. The zero-order valence-corrected chi connectivity index (χ0v) is 11.2. The topological polar surface area (TPSA) is 29.9 Å². The first-order chi connectivity index (χ1) is 9.22. The maximum atomic E-state index is 4.63. The van der Waals surface area contributed by atoms with E-state index in [4.69, 9.17) is 0 Å². The van der Waals surface area contributed by atoms with Crippen LogP contribution in [0.25, 0.3) is 10.9 Å². The van der Waals surface area contributed by atoms with Gasteiger partial charge in [-0.1, -0.05) is 18.2 Å². The van der Waals surface area contributed by atoms with Crippen LogP contribution in [0, 0.1) is 6.92 Å². The van der Waals surface area contributed by atoms with E-state index < -0.39 is 0 Å². The standard InChI is InChI=1S/C16H17N3/c1-12-6-7-14-4-3-5-15(16(14)18-12)17-10-13-8-9-19(2)11-13/h3-9,11,17H,10H2,1-2H3. The molecular weight excluding hydrogens is 234 g/mol. The Morgan fingerprint density at radius 3 is 2.84 bits per heavy atom. The lowest BCUT2D eigenvalue weighted by Gasteiger charge is -2.09. The van der Waals surface area contributed by atoms with Crippen LogP contribution in [0.5, 0.6) is 0 Å². The van der Waals surface area contributed by atoms with Crippen LogP contribution in [0.4, 0.5) is 5.69 Å². The molecule has 0 atom stereocenters. The van der Waals surface area contributed by atoms with Crippen molar-refractivity contribution in [3.8, 4) is 0 Å². The van der Waals surface area contributed by atoms with Crippen molar-refractivity contribution in [2.75, 3.05) is 5.32 Å². The Kier molecular flexibility index (Phi) is 2.95. The Morgan fingerprint density at radius 2 is 2.05 bits per heavy atom. The van der Waals surface area contributed by atoms with Crippen LogP contribution >= 0.6 is 0 Å². The molecule has 0 saturated carbocycles. The smallest absolute Gasteiger partial charge is 0.0936 e. The maximum Gasteiger partial charge on any atom is 0.0936 e. The molecule has 0 radical (unpaired) electrons. The highest BCUT2D eigenvalue weighted by molar-refractivity contribution is 5.90. The summed E-state index contributed by atoms with van der Waals surface area (Å²) in [6, 6.07) is 12.5. The molecule has 3 heteroatoms. The molecule has 0 amide bonds. The van der Waals surface area contributed by atoms with Crippen LogP contribution in [0.2, 0.25) is 0 Å². The van der Waals surface area contributed by atoms with Gasteiger partial charge in [-0.05, 0) is 30.7 Å². The Labute approximate surface area is 112 Å². The lowest BCUT2D eigenvalue weighted by Crippen LogP contribution is -2.00. The number of nitrogens with one attached hydrogen (secondary N) is 1. The van der Waals surface area contributed by atoms with Crippen LogP contribution in [-0.4, -0.2) is 9.55 Å². The summed E-state index contributed by atoms with van der Waals surface area (Å²) in [4.78, 5) is 4.63. The number of fused-ring (bicyclic) bond motifs is 1. The summed E-state index contributed by atoms with van der Waals surface area (Å²) >= 11 is 0. The monoisotopic (exact) mass is 251 g/mol. The van der Waals surface area contributed by atoms with Gasteiger partial charge in [-0.15, -0.1) is 0 Å². The molecule has 3 nitrogen and oxygen atoms in total. The van der Waals surface area contributed by atoms with Gasteiger partial charge < -0.3 is 9.88 Å². The minimum atomic E-state index is 0.815. The van der Waals surface area contributed by atoms with Crippen molar-refractivity contribution < 1.29 is 0 Å². The largest absolute Gasteiger partial charge is 0.379 e. The van der Waals surface area contributed by atoms with Gasteiger partial charge in [0.25, 0.3) is 0 Å². The fourth-order valence-electron chi connectivity index (χ4n) is 2.25. The van der Waals surface area contributed by atoms with Crippen molar-refractivity contribution in [2.24, 2.45) is 7.05 Å². The van der Waals surface area contributed by atoms with Crippen LogP contribution in [0.1, 0.15) is 11.3 Å². The zero-order chi connectivity index (χ0) is 13.2. The molecule has 96 valence electrons. The first-order valence-electron chi connectivity index (χ1n) is 6.43. The van der Waals surface area contributed by atoms with Crippen LogP contribution in [-0.2, 0) is 13.6 Å². The van der Waals surface area contributed by atoms with Crippen molar-refractivity contribution in [1.82, 2.24) is 9.55 Å². The number of aromatic nitrogens is 2. The van der Waals surface area contributed by atoms with Gasteiger partial charge in [-0.3, -0.25) is 4.98 Å². The van der Waals surface area contributed by atoms with Gasteiger partial charge in [-0.2, -0.15) is 0 Å². The molecule has 0 aliphatic carbocycles. The summed E-state index contributed by atoms with van der Waals surface area (Å²) in [6.45, 7) is 2.84. The minimum Gasteiger partial charge on any atom is -0.379 e. The van der Waals surface area contributed by atoms with Gasteiger partial charge in [0.2, 0.25) is 0 Å². The molecule has 0 spiro atoms. The molecule has 0 unspecified atom stereocenters. The maximum absolute atomic E-state index is 4.63. The molecular formula is C16H17N3. The quantitative estimate of drug-likeness (QED) is 0.772. The molecule has 0 fully saturated rings. The molecule has 0 aliphatic rings. The predicted octanol–water partition coefficient (Wildman–Crippen LogP) is 3.49. The molecule has 19 heavy (non-hydrogen) atoms. The molecule has 1 N–H and O–H groups in total. The first kappa shape index (κ1) is 11.8. The van der Waals surface area contributed by atoms with E-state index in [2.05, 4.69) is 57.6 Å². The molecule has 2 aromatic heterocycles. The molecule has 0 saturated heterocycles.